The van der Waals surface area contributed by atoms with E-state index in [1.165, 1.54) is 0 Å². The molecule has 6 atom stereocenters. The third-order valence-electron chi connectivity index (χ3n) is 7.30. The Kier molecular flexibility index (Phi) is 5.96. The van der Waals surface area contributed by atoms with E-state index < -0.39 is 35.6 Å². The Labute approximate surface area is 189 Å². The van der Waals surface area contributed by atoms with Crippen molar-refractivity contribution in [3.8, 4) is 0 Å². The molecule has 4 aliphatic heterocycles. The maximum absolute atomic E-state index is 14.0. The normalized spacial score (nSPS) is 35.4. The molecule has 176 valence electrons. The molecule has 1 unspecified atom stereocenters. The smallest absolute Gasteiger partial charge is 0.249 e. The number of aliphatic hydroxyl groups excluding tert-OH is 1. The lowest BCUT2D eigenvalue weighted by atomic mass is 9.77. The van der Waals surface area contributed by atoms with Crippen LogP contribution in [0.5, 0.6) is 0 Å². The SMILES string of the molecule is CC(C)C[C@H](CO)N1C(=O)[C@@H]2[C@H]3C(=O)N(C)CC=C[C@H]3O[C@@]23C=CCN(C(C)C)C(=O)C13. The van der Waals surface area contributed by atoms with Crippen molar-refractivity contribution in [2.75, 3.05) is 26.7 Å². The van der Waals surface area contributed by atoms with Gasteiger partial charge in [0.2, 0.25) is 17.7 Å². The molecule has 4 heterocycles. The number of hydrogen-bond donors (Lipinski definition) is 1. The average Bonchev–Trinajstić information content (AvgIpc) is 3.05. The van der Waals surface area contributed by atoms with Crippen molar-refractivity contribution >= 4 is 17.7 Å². The molecule has 1 N–H and O–H groups in total. The zero-order valence-corrected chi connectivity index (χ0v) is 19.6. The number of nitrogens with zero attached hydrogens (tertiary/aromatic N) is 3. The zero-order valence-electron chi connectivity index (χ0n) is 19.6. The molecular weight excluding hydrogens is 410 g/mol. The average molecular weight is 446 g/mol. The Morgan fingerprint density at radius 1 is 1.09 bits per heavy atom. The van der Waals surface area contributed by atoms with Crippen LogP contribution in [0.25, 0.3) is 0 Å². The number of likely N-dealkylation sites (N-methyl/N-ethyl adjacent to an activating group) is 1. The van der Waals surface area contributed by atoms with E-state index in [1.54, 1.807) is 21.7 Å². The van der Waals surface area contributed by atoms with Crippen molar-refractivity contribution in [2.45, 2.75) is 63.9 Å². The van der Waals surface area contributed by atoms with Crippen molar-refractivity contribution in [2.24, 2.45) is 17.8 Å². The Morgan fingerprint density at radius 2 is 1.81 bits per heavy atom. The topological polar surface area (TPSA) is 90.4 Å². The third kappa shape index (κ3) is 3.30. The van der Waals surface area contributed by atoms with Crippen LogP contribution in [-0.4, -0.2) is 94.1 Å². The van der Waals surface area contributed by atoms with Gasteiger partial charge in [0, 0.05) is 26.2 Å². The van der Waals surface area contributed by atoms with E-state index in [0.717, 1.165) is 0 Å². The predicted molar refractivity (Wildman–Crippen MR) is 118 cm³/mol. The van der Waals surface area contributed by atoms with Gasteiger partial charge in [-0.15, -0.1) is 0 Å². The molecule has 0 aromatic rings. The number of ether oxygens (including phenoxy) is 1. The Hall–Kier alpha value is -2.19. The lowest BCUT2D eigenvalue weighted by Crippen LogP contribution is -2.59. The fraction of sp³-hybridized carbons (Fsp3) is 0.708. The van der Waals surface area contributed by atoms with Crippen molar-refractivity contribution in [3.05, 3.63) is 24.3 Å². The summed E-state index contributed by atoms with van der Waals surface area (Å²) in [5.41, 5.74) is -1.23. The molecule has 0 aromatic heterocycles. The van der Waals surface area contributed by atoms with Crippen molar-refractivity contribution in [1.29, 1.82) is 0 Å². The summed E-state index contributed by atoms with van der Waals surface area (Å²) < 4.78 is 6.55. The molecular formula is C24H35N3O5. The lowest BCUT2D eigenvalue weighted by Gasteiger charge is -2.39. The van der Waals surface area contributed by atoms with Crippen molar-refractivity contribution in [3.63, 3.8) is 0 Å². The van der Waals surface area contributed by atoms with E-state index in [-0.39, 0.29) is 36.3 Å². The van der Waals surface area contributed by atoms with Crippen molar-refractivity contribution in [1.82, 2.24) is 14.7 Å². The molecule has 0 bridgehead atoms. The first-order valence-electron chi connectivity index (χ1n) is 11.6. The predicted octanol–water partition coefficient (Wildman–Crippen LogP) is 0.809. The molecule has 0 aliphatic carbocycles. The first kappa shape index (κ1) is 23.0. The minimum atomic E-state index is -1.23. The van der Waals surface area contributed by atoms with Gasteiger partial charge in [-0.2, -0.15) is 0 Å². The fourth-order valence-corrected chi connectivity index (χ4v) is 5.90. The summed E-state index contributed by atoms with van der Waals surface area (Å²) in [6, 6.07) is -1.48. The van der Waals surface area contributed by atoms with Crippen LogP contribution in [0.3, 0.4) is 0 Å². The highest BCUT2D eigenvalue weighted by atomic mass is 16.5. The number of carbonyl (C=O) groups is 3. The summed E-state index contributed by atoms with van der Waals surface area (Å²) in [6.07, 6.45) is 7.47. The molecule has 8 heteroatoms. The number of hydrogen-bond acceptors (Lipinski definition) is 5. The highest BCUT2D eigenvalue weighted by Crippen LogP contribution is 2.54. The molecule has 0 saturated carbocycles. The van der Waals surface area contributed by atoms with Gasteiger partial charge in [0.25, 0.3) is 0 Å². The van der Waals surface area contributed by atoms with Gasteiger partial charge in [-0.05, 0) is 26.2 Å². The number of fused-ring (bicyclic) bond motifs is 2. The quantitative estimate of drug-likeness (QED) is 0.633. The van der Waals surface area contributed by atoms with Crippen LogP contribution >= 0.6 is 0 Å². The Balaban J connectivity index is 1.87. The standard InChI is InChI=1S/C24H35N3O5/c1-14(2)12-16(13-28)27-20-23(31)26(15(3)4)11-7-9-24(20)19(22(27)30)18-17(32-24)8-6-10-25(5)21(18)29/h6-9,14-20,28H,10-13H2,1-5H3/t16-,17-,18+,19+,20?,24+/m1/s1. The molecule has 32 heavy (non-hydrogen) atoms. The number of rotatable bonds is 5. The van der Waals surface area contributed by atoms with Gasteiger partial charge in [0.15, 0.2) is 0 Å². The van der Waals surface area contributed by atoms with E-state index >= 15 is 0 Å². The van der Waals surface area contributed by atoms with Crippen molar-refractivity contribution < 1.29 is 24.2 Å². The van der Waals surface area contributed by atoms with Gasteiger partial charge in [-0.3, -0.25) is 14.4 Å². The van der Waals surface area contributed by atoms with E-state index in [1.807, 2.05) is 52.0 Å². The Morgan fingerprint density at radius 3 is 2.44 bits per heavy atom. The van der Waals surface area contributed by atoms with Crippen LogP contribution in [0.15, 0.2) is 24.3 Å². The van der Waals surface area contributed by atoms with Crippen LogP contribution in [0.2, 0.25) is 0 Å². The number of carbonyl (C=O) groups excluding carboxylic acids is 3. The maximum atomic E-state index is 14.0. The summed E-state index contributed by atoms with van der Waals surface area (Å²) in [5.74, 6) is -1.89. The highest BCUT2D eigenvalue weighted by molar-refractivity contribution is 6.00. The zero-order chi connectivity index (χ0) is 23.4. The number of aliphatic hydroxyl groups is 1. The largest absolute Gasteiger partial charge is 0.394 e. The van der Waals surface area contributed by atoms with Gasteiger partial charge < -0.3 is 24.5 Å². The molecule has 2 fully saturated rings. The Bertz CT molecular complexity index is 853. The first-order valence-corrected chi connectivity index (χ1v) is 11.6. The molecule has 2 saturated heterocycles. The van der Waals surface area contributed by atoms with E-state index in [4.69, 9.17) is 4.74 Å². The second-order valence-corrected chi connectivity index (χ2v) is 10.2. The third-order valence-corrected chi connectivity index (χ3v) is 7.30. The first-order chi connectivity index (χ1) is 15.1. The highest BCUT2D eigenvalue weighted by Gasteiger charge is 2.72. The van der Waals surface area contributed by atoms with Gasteiger partial charge in [-0.1, -0.05) is 38.2 Å². The molecule has 8 nitrogen and oxygen atoms in total. The van der Waals surface area contributed by atoms with Gasteiger partial charge in [0.1, 0.15) is 11.6 Å². The summed E-state index contributed by atoms with van der Waals surface area (Å²) in [6.45, 7) is 8.57. The van der Waals surface area contributed by atoms with Crippen LogP contribution < -0.4 is 0 Å². The van der Waals surface area contributed by atoms with Crippen LogP contribution in [0, 0.1) is 17.8 Å². The minimum absolute atomic E-state index is 0.0597. The molecule has 0 aromatic carbocycles. The van der Waals surface area contributed by atoms with Crippen LogP contribution in [0.4, 0.5) is 0 Å². The number of likely N-dealkylation sites (tertiary alicyclic amines) is 1. The summed E-state index contributed by atoms with van der Waals surface area (Å²) in [4.78, 5) is 46.1. The van der Waals surface area contributed by atoms with Gasteiger partial charge >= 0.3 is 0 Å². The van der Waals surface area contributed by atoms with Crippen LogP contribution in [-0.2, 0) is 19.1 Å². The summed E-state index contributed by atoms with van der Waals surface area (Å²) in [7, 11) is 1.72. The maximum Gasteiger partial charge on any atom is 0.249 e. The van der Waals surface area contributed by atoms with Gasteiger partial charge in [-0.25, -0.2) is 0 Å². The molecule has 3 amide bonds. The summed E-state index contributed by atoms with van der Waals surface area (Å²) in [5, 5.41) is 10.2. The van der Waals surface area contributed by atoms with E-state index in [0.29, 0.717) is 19.5 Å². The second kappa shape index (κ2) is 8.30. The molecule has 4 rings (SSSR count). The molecule has 0 radical (unpaired) electrons. The summed E-state index contributed by atoms with van der Waals surface area (Å²) >= 11 is 0. The number of amides is 3. The van der Waals surface area contributed by atoms with Crippen LogP contribution in [0.1, 0.15) is 34.1 Å². The molecule has 4 aliphatic rings. The fourth-order valence-electron chi connectivity index (χ4n) is 5.90. The van der Waals surface area contributed by atoms with Gasteiger partial charge in [0.05, 0.1) is 30.6 Å². The monoisotopic (exact) mass is 445 g/mol. The molecule has 1 spiro atoms. The minimum Gasteiger partial charge on any atom is -0.394 e. The second-order valence-electron chi connectivity index (χ2n) is 10.2. The van der Waals surface area contributed by atoms with E-state index in [9.17, 15) is 19.5 Å². The van der Waals surface area contributed by atoms with E-state index in [2.05, 4.69) is 0 Å². The lowest BCUT2D eigenvalue weighted by molar-refractivity contribution is -0.152.